The molecule has 0 bridgehead atoms. The summed E-state index contributed by atoms with van der Waals surface area (Å²) in [4.78, 5) is 0. The van der Waals surface area contributed by atoms with E-state index in [9.17, 15) is 0 Å². The second kappa shape index (κ2) is 3.33. The van der Waals surface area contributed by atoms with Crippen molar-refractivity contribution in [3.63, 3.8) is 0 Å². The fraction of sp³-hybridized carbons (Fsp3) is 0.600. The molecule has 0 aliphatic heterocycles. The van der Waals surface area contributed by atoms with Gasteiger partial charge in [-0.2, -0.15) is 0 Å². The van der Waals surface area contributed by atoms with Gasteiger partial charge in [-0.1, -0.05) is 38.1 Å². The van der Waals surface area contributed by atoms with Crippen LogP contribution in [-0.4, -0.2) is 6.54 Å². The molecule has 86 valence electrons. The van der Waals surface area contributed by atoms with Crippen LogP contribution in [-0.2, 0) is 0 Å². The third-order valence-corrected chi connectivity index (χ3v) is 4.62. The summed E-state index contributed by atoms with van der Waals surface area (Å²) < 4.78 is 0. The Bertz CT molecular complexity index is 404. The fourth-order valence-corrected chi connectivity index (χ4v) is 3.27. The SMILES string of the molecule is CC1(C)[C@@H](CN)[C@@H]1c1cccc(C2CC2)c1. The highest BCUT2D eigenvalue weighted by atomic mass is 14.7. The van der Waals surface area contributed by atoms with E-state index < -0.39 is 0 Å². The average Bonchev–Trinajstić information content (AvgIpc) is 3.13. The first-order chi connectivity index (χ1) is 7.64. The minimum Gasteiger partial charge on any atom is -0.330 e. The van der Waals surface area contributed by atoms with Gasteiger partial charge in [0.1, 0.15) is 0 Å². The molecule has 2 aliphatic rings. The lowest BCUT2D eigenvalue weighted by Crippen LogP contribution is -2.05. The molecule has 0 spiro atoms. The second-order valence-corrected chi connectivity index (χ2v) is 6.09. The van der Waals surface area contributed by atoms with E-state index in [0.717, 1.165) is 12.5 Å². The standard InChI is InChI=1S/C15H21N/c1-15(2)13(9-16)14(15)12-5-3-4-11(8-12)10-6-7-10/h3-5,8,10,13-14H,6-7,9,16H2,1-2H3/t13-,14-/m0/s1. The monoisotopic (exact) mass is 215 g/mol. The minimum absolute atomic E-state index is 0.414. The molecular formula is C15H21N. The van der Waals surface area contributed by atoms with E-state index in [1.165, 1.54) is 18.4 Å². The molecule has 2 fully saturated rings. The fourth-order valence-electron chi connectivity index (χ4n) is 3.27. The lowest BCUT2D eigenvalue weighted by Gasteiger charge is -2.05. The van der Waals surface area contributed by atoms with Crippen LogP contribution in [0.4, 0.5) is 0 Å². The molecule has 2 atom stereocenters. The summed E-state index contributed by atoms with van der Waals surface area (Å²) in [5, 5.41) is 0. The van der Waals surface area contributed by atoms with Crippen LogP contribution in [0.25, 0.3) is 0 Å². The van der Waals surface area contributed by atoms with E-state index >= 15 is 0 Å². The third kappa shape index (κ3) is 1.49. The van der Waals surface area contributed by atoms with E-state index in [1.54, 1.807) is 5.56 Å². The Morgan fingerprint density at radius 1 is 1.25 bits per heavy atom. The first-order valence-corrected chi connectivity index (χ1v) is 6.44. The molecular weight excluding hydrogens is 194 g/mol. The minimum atomic E-state index is 0.414. The van der Waals surface area contributed by atoms with Crippen molar-refractivity contribution in [2.75, 3.05) is 6.54 Å². The largest absolute Gasteiger partial charge is 0.330 e. The first kappa shape index (κ1) is 10.3. The Kier molecular flexibility index (Phi) is 2.16. The van der Waals surface area contributed by atoms with Crippen LogP contribution in [0.5, 0.6) is 0 Å². The number of hydrogen-bond donors (Lipinski definition) is 1. The van der Waals surface area contributed by atoms with Crippen molar-refractivity contribution in [1.29, 1.82) is 0 Å². The second-order valence-electron chi connectivity index (χ2n) is 6.09. The van der Waals surface area contributed by atoms with Crippen molar-refractivity contribution in [2.24, 2.45) is 17.1 Å². The molecule has 1 nitrogen and oxygen atoms in total. The van der Waals surface area contributed by atoms with Crippen LogP contribution < -0.4 is 5.73 Å². The molecule has 2 N–H and O–H groups in total. The Balaban J connectivity index is 1.87. The molecule has 0 amide bonds. The van der Waals surface area contributed by atoms with Crippen molar-refractivity contribution < 1.29 is 0 Å². The molecule has 2 saturated carbocycles. The van der Waals surface area contributed by atoms with Crippen molar-refractivity contribution in [1.82, 2.24) is 0 Å². The van der Waals surface area contributed by atoms with E-state index in [4.69, 9.17) is 5.73 Å². The van der Waals surface area contributed by atoms with Gasteiger partial charge >= 0.3 is 0 Å². The highest BCUT2D eigenvalue weighted by Crippen LogP contribution is 2.64. The zero-order chi connectivity index (χ0) is 11.3. The van der Waals surface area contributed by atoms with E-state index in [0.29, 0.717) is 17.3 Å². The van der Waals surface area contributed by atoms with Gasteiger partial charge < -0.3 is 5.73 Å². The number of rotatable bonds is 3. The summed E-state index contributed by atoms with van der Waals surface area (Å²) >= 11 is 0. The zero-order valence-corrected chi connectivity index (χ0v) is 10.2. The van der Waals surface area contributed by atoms with Crippen molar-refractivity contribution in [3.8, 4) is 0 Å². The Labute approximate surface area is 98.0 Å². The van der Waals surface area contributed by atoms with Gasteiger partial charge in [0.15, 0.2) is 0 Å². The van der Waals surface area contributed by atoms with E-state index in [2.05, 4.69) is 38.1 Å². The Morgan fingerprint density at radius 2 is 1.94 bits per heavy atom. The molecule has 0 radical (unpaired) electrons. The third-order valence-electron chi connectivity index (χ3n) is 4.62. The smallest absolute Gasteiger partial charge is 0.00375 e. The summed E-state index contributed by atoms with van der Waals surface area (Å²) in [6, 6.07) is 9.23. The van der Waals surface area contributed by atoms with Gasteiger partial charge in [0.2, 0.25) is 0 Å². The summed E-state index contributed by atoms with van der Waals surface area (Å²) in [5.74, 6) is 2.23. The normalized spacial score (nSPS) is 31.4. The molecule has 0 aromatic heterocycles. The molecule has 1 heteroatoms. The zero-order valence-electron chi connectivity index (χ0n) is 10.2. The van der Waals surface area contributed by atoms with Gasteiger partial charge in [0.25, 0.3) is 0 Å². The van der Waals surface area contributed by atoms with Crippen molar-refractivity contribution in [2.45, 2.75) is 38.5 Å². The number of nitrogens with two attached hydrogens (primary N) is 1. The van der Waals surface area contributed by atoms with Gasteiger partial charge in [-0.25, -0.2) is 0 Å². The molecule has 2 aliphatic carbocycles. The number of benzene rings is 1. The summed E-state index contributed by atoms with van der Waals surface area (Å²) in [5.41, 5.74) is 9.33. The summed E-state index contributed by atoms with van der Waals surface area (Å²) in [6.45, 7) is 5.52. The molecule has 0 heterocycles. The van der Waals surface area contributed by atoms with Crippen molar-refractivity contribution >= 4 is 0 Å². The summed E-state index contributed by atoms with van der Waals surface area (Å²) in [6.07, 6.45) is 2.77. The van der Waals surface area contributed by atoms with Crippen LogP contribution in [0, 0.1) is 11.3 Å². The number of hydrogen-bond acceptors (Lipinski definition) is 1. The van der Waals surface area contributed by atoms with Gasteiger partial charge in [0.05, 0.1) is 0 Å². The maximum atomic E-state index is 5.85. The van der Waals surface area contributed by atoms with Crippen LogP contribution in [0.3, 0.4) is 0 Å². The molecule has 0 unspecified atom stereocenters. The van der Waals surface area contributed by atoms with Crippen molar-refractivity contribution in [3.05, 3.63) is 35.4 Å². The lowest BCUT2D eigenvalue weighted by atomic mass is 10.00. The maximum Gasteiger partial charge on any atom is -0.00375 e. The van der Waals surface area contributed by atoms with Crippen LogP contribution in [0.2, 0.25) is 0 Å². The average molecular weight is 215 g/mol. The highest BCUT2D eigenvalue weighted by Gasteiger charge is 2.57. The Morgan fingerprint density at radius 3 is 2.50 bits per heavy atom. The maximum absolute atomic E-state index is 5.85. The summed E-state index contributed by atoms with van der Waals surface area (Å²) in [7, 11) is 0. The highest BCUT2D eigenvalue weighted by molar-refractivity contribution is 5.37. The Hall–Kier alpha value is -0.820. The lowest BCUT2D eigenvalue weighted by molar-refractivity contribution is 0.558. The first-order valence-electron chi connectivity index (χ1n) is 6.44. The van der Waals surface area contributed by atoms with Gasteiger partial charge in [-0.3, -0.25) is 0 Å². The van der Waals surface area contributed by atoms with E-state index in [-0.39, 0.29) is 0 Å². The van der Waals surface area contributed by atoms with Gasteiger partial charge in [0, 0.05) is 0 Å². The van der Waals surface area contributed by atoms with Crippen LogP contribution in [0.15, 0.2) is 24.3 Å². The topological polar surface area (TPSA) is 26.0 Å². The molecule has 0 saturated heterocycles. The molecule has 3 rings (SSSR count). The molecule has 1 aromatic carbocycles. The van der Waals surface area contributed by atoms with Crippen LogP contribution in [0.1, 0.15) is 49.7 Å². The van der Waals surface area contributed by atoms with Gasteiger partial charge in [-0.05, 0) is 53.7 Å². The quantitative estimate of drug-likeness (QED) is 0.823. The predicted molar refractivity (Wildman–Crippen MR) is 67.5 cm³/mol. The predicted octanol–water partition coefficient (Wildman–Crippen LogP) is 3.26. The van der Waals surface area contributed by atoms with Crippen LogP contribution >= 0.6 is 0 Å². The van der Waals surface area contributed by atoms with E-state index in [1.807, 2.05) is 0 Å². The molecule has 1 aromatic rings. The van der Waals surface area contributed by atoms with Gasteiger partial charge in [-0.15, -0.1) is 0 Å². The molecule has 16 heavy (non-hydrogen) atoms.